The van der Waals surface area contributed by atoms with Gasteiger partial charge in [-0.25, -0.2) is 0 Å². The van der Waals surface area contributed by atoms with Gasteiger partial charge < -0.3 is 11.1 Å². The summed E-state index contributed by atoms with van der Waals surface area (Å²) < 4.78 is 1.68. The summed E-state index contributed by atoms with van der Waals surface area (Å²) in [6, 6.07) is 0. The molecule has 2 rings (SSSR count). The van der Waals surface area contributed by atoms with Crippen LogP contribution in [0.1, 0.15) is 50.5 Å². The highest BCUT2D eigenvalue weighted by Gasteiger charge is 2.16. The molecule has 1 aliphatic rings. The number of amides is 1. The highest BCUT2D eigenvalue weighted by molar-refractivity contribution is 5.90. The fraction of sp³-hybridized carbons (Fsp3) is 0.714. The Morgan fingerprint density at radius 2 is 2.21 bits per heavy atom. The Kier molecular flexibility index (Phi) is 4.96. The first-order valence-corrected chi connectivity index (χ1v) is 7.21. The molecule has 0 bridgehead atoms. The largest absolute Gasteiger partial charge is 0.326 e. The number of carbonyl (C=O) groups is 1. The Morgan fingerprint density at radius 1 is 1.47 bits per heavy atom. The second-order valence-corrected chi connectivity index (χ2v) is 5.47. The zero-order valence-corrected chi connectivity index (χ0v) is 11.7. The number of anilines is 1. The third kappa shape index (κ3) is 4.06. The lowest BCUT2D eigenvalue weighted by Crippen LogP contribution is -2.16. The summed E-state index contributed by atoms with van der Waals surface area (Å²) in [4.78, 5) is 11.9. The summed E-state index contributed by atoms with van der Waals surface area (Å²) in [7, 11) is 1.83. The molecule has 0 radical (unpaired) electrons. The van der Waals surface area contributed by atoms with Gasteiger partial charge in [-0.3, -0.25) is 9.48 Å². The minimum Gasteiger partial charge on any atom is -0.326 e. The van der Waals surface area contributed by atoms with E-state index in [1.807, 2.05) is 13.2 Å². The van der Waals surface area contributed by atoms with Gasteiger partial charge in [-0.05, 0) is 12.3 Å². The molecule has 0 saturated heterocycles. The zero-order chi connectivity index (χ0) is 13.7. The van der Waals surface area contributed by atoms with E-state index in [0.717, 1.165) is 17.9 Å². The fourth-order valence-corrected chi connectivity index (χ4v) is 2.80. The molecule has 0 atom stereocenters. The molecule has 0 unspecified atom stereocenters. The van der Waals surface area contributed by atoms with Crippen LogP contribution < -0.4 is 11.1 Å². The molecular weight excluding hydrogens is 240 g/mol. The first-order valence-electron chi connectivity index (χ1n) is 7.21. The van der Waals surface area contributed by atoms with Gasteiger partial charge in [0.15, 0.2) is 5.82 Å². The van der Waals surface area contributed by atoms with Crippen molar-refractivity contribution in [2.75, 3.05) is 5.32 Å². The standard InChI is InChI=1S/C14H24N4O/c1-18-10-12(9-15)14(17-18)16-13(19)8-7-11-5-3-2-4-6-11/h10-11H,2-9,15H2,1H3,(H,16,17,19). The Balaban J connectivity index is 1.80. The van der Waals surface area contributed by atoms with E-state index in [1.165, 1.54) is 32.1 Å². The quantitative estimate of drug-likeness (QED) is 0.856. The van der Waals surface area contributed by atoms with Crippen molar-refractivity contribution in [3.8, 4) is 0 Å². The predicted octanol–water partition coefficient (Wildman–Crippen LogP) is 2.18. The molecule has 1 fully saturated rings. The molecule has 0 aliphatic heterocycles. The van der Waals surface area contributed by atoms with Gasteiger partial charge in [0.25, 0.3) is 0 Å². The van der Waals surface area contributed by atoms with Crippen molar-refractivity contribution in [1.29, 1.82) is 0 Å². The molecule has 1 amide bonds. The van der Waals surface area contributed by atoms with Crippen molar-refractivity contribution in [3.05, 3.63) is 11.8 Å². The average Bonchev–Trinajstić information content (AvgIpc) is 2.77. The summed E-state index contributed by atoms with van der Waals surface area (Å²) in [5, 5.41) is 7.09. The van der Waals surface area contributed by atoms with Crippen LogP contribution in [0.3, 0.4) is 0 Å². The summed E-state index contributed by atoms with van der Waals surface area (Å²) in [5.74, 6) is 1.40. The predicted molar refractivity (Wildman–Crippen MR) is 75.5 cm³/mol. The second kappa shape index (κ2) is 6.70. The van der Waals surface area contributed by atoms with E-state index in [4.69, 9.17) is 5.73 Å². The van der Waals surface area contributed by atoms with Crippen LogP contribution in [-0.2, 0) is 18.4 Å². The van der Waals surface area contributed by atoms with Gasteiger partial charge in [-0.15, -0.1) is 0 Å². The van der Waals surface area contributed by atoms with E-state index < -0.39 is 0 Å². The number of nitrogens with zero attached hydrogens (tertiary/aromatic N) is 2. The summed E-state index contributed by atoms with van der Waals surface area (Å²) in [6.45, 7) is 0.395. The maximum absolute atomic E-state index is 11.9. The lowest BCUT2D eigenvalue weighted by atomic mass is 9.86. The first-order chi connectivity index (χ1) is 9.19. The Labute approximate surface area is 114 Å². The number of nitrogens with one attached hydrogen (secondary N) is 1. The molecule has 1 heterocycles. The minimum absolute atomic E-state index is 0.0546. The van der Waals surface area contributed by atoms with Crippen LogP contribution in [0, 0.1) is 5.92 Å². The molecule has 1 aromatic rings. The number of carbonyl (C=O) groups excluding carboxylic acids is 1. The van der Waals surface area contributed by atoms with Gasteiger partial charge in [0.05, 0.1) is 0 Å². The Bertz CT molecular complexity index is 421. The van der Waals surface area contributed by atoms with E-state index in [1.54, 1.807) is 4.68 Å². The van der Waals surface area contributed by atoms with Crippen LogP contribution >= 0.6 is 0 Å². The second-order valence-electron chi connectivity index (χ2n) is 5.47. The highest BCUT2D eigenvalue weighted by Crippen LogP contribution is 2.27. The molecule has 0 spiro atoms. The van der Waals surface area contributed by atoms with Gasteiger partial charge in [0.1, 0.15) is 0 Å². The monoisotopic (exact) mass is 264 g/mol. The zero-order valence-electron chi connectivity index (χ0n) is 11.7. The summed E-state index contributed by atoms with van der Waals surface area (Å²) in [5.41, 5.74) is 6.51. The Hall–Kier alpha value is -1.36. The smallest absolute Gasteiger partial charge is 0.225 e. The van der Waals surface area contributed by atoms with Crippen molar-refractivity contribution in [3.63, 3.8) is 0 Å². The van der Waals surface area contributed by atoms with Crippen LogP contribution in [0.25, 0.3) is 0 Å². The maximum atomic E-state index is 11.9. The van der Waals surface area contributed by atoms with E-state index >= 15 is 0 Å². The van der Waals surface area contributed by atoms with E-state index in [9.17, 15) is 4.79 Å². The normalized spacial score (nSPS) is 16.5. The third-order valence-corrected chi connectivity index (χ3v) is 3.89. The number of rotatable bonds is 5. The Morgan fingerprint density at radius 3 is 2.89 bits per heavy atom. The molecule has 5 nitrogen and oxygen atoms in total. The van der Waals surface area contributed by atoms with Crippen molar-refractivity contribution in [1.82, 2.24) is 9.78 Å². The SMILES string of the molecule is Cn1cc(CN)c(NC(=O)CCC2CCCCC2)n1. The number of hydrogen-bond acceptors (Lipinski definition) is 3. The lowest BCUT2D eigenvalue weighted by molar-refractivity contribution is -0.116. The van der Waals surface area contributed by atoms with Crippen LogP contribution in [-0.4, -0.2) is 15.7 Å². The molecule has 19 heavy (non-hydrogen) atoms. The molecule has 1 aliphatic carbocycles. The molecule has 3 N–H and O–H groups in total. The third-order valence-electron chi connectivity index (χ3n) is 3.89. The van der Waals surface area contributed by atoms with Crippen molar-refractivity contribution < 1.29 is 4.79 Å². The van der Waals surface area contributed by atoms with Gasteiger partial charge >= 0.3 is 0 Å². The van der Waals surface area contributed by atoms with Gasteiger partial charge in [0, 0.05) is 31.8 Å². The van der Waals surface area contributed by atoms with Gasteiger partial charge in [0.2, 0.25) is 5.91 Å². The van der Waals surface area contributed by atoms with Crippen molar-refractivity contribution in [2.24, 2.45) is 18.7 Å². The van der Waals surface area contributed by atoms with E-state index in [0.29, 0.717) is 18.8 Å². The highest BCUT2D eigenvalue weighted by atomic mass is 16.1. The summed E-state index contributed by atoms with van der Waals surface area (Å²) >= 11 is 0. The van der Waals surface area contributed by atoms with Crippen LogP contribution in [0.15, 0.2) is 6.20 Å². The van der Waals surface area contributed by atoms with Gasteiger partial charge in [-0.2, -0.15) is 5.10 Å². The lowest BCUT2D eigenvalue weighted by Gasteiger charge is -2.20. The van der Waals surface area contributed by atoms with E-state index in [2.05, 4.69) is 10.4 Å². The molecule has 5 heteroatoms. The minimum atomic E-state index is 0.0546. The molecule has 0 aromatic carbocycles. The number of aromatic nitrogens is 2. The topological polar surface area (TPSA) is 72.9 Å². The molecule has 1 saturated carbocycles. The van der Waals surface area contributed by atoms with Crippen LogP contribution in [0.2, 0.25) is 0 Å². The van der Waals surface area contributed by atoms with E-state index in [-0.39, 0.29) is 5.91 Å². The molecule has 1 aromatic heterocycles. The number of hydrogen-bond donors (Lipinski definition) is 2. The maximum Gasteiger partial charge on any atom is 0.225 e. The van der Waals surface area contributed by atoms with Crippen molar-refractivity contribution in [2.45, 2.75) is 51.5 Å². The fourth-order valence-electron chi connectivity index (χ4n) is 2.80. The molecule has 106 valence electrons. The number of nitrogens with two attached hydrogens (primary N) is 1. The summed E-state index contributed by atoms with van der Waals surface area (Å²) in [6.07, 6.45) is 10.00. The number of aryl methyl sites for hydroxylation is 1. The van der Waals surface area contributed by atoms with Gasteiger partial charge in [-0.1, -0.05) is 32.1 Å². The van der Waals surface area contributed by atoms with Crippen molar-refractivity contribution >= 4 is 11.7 Å². The van der Waals surface area contributed by atoms with Crippen LogP contribution in [0.4, 0.5) is 5.82 Å². The first kappa shape index (κ1) is 14.1. The van der Waals surface area contributed by atoms with Crippen LogP contribution in [0.5, 0.6) is 0 Å². The molecular formula is C14H24N4O. The average molecular weight is 264 g/mol.